The molecule has 0 bridgehead atoms. The van der Waals surface area contributed by atoms with Crippen LogP contribution in [0.4, 0.5) is 19.0 Å². The second-order valence-electron chi connectivity index (χ2n) is 8.20. The maximum Gasteiger partial charge on any atom is 0.259 e. The van der Waals surface area contributed by atoms with Gasteiger partial charge in [-0.15, -0.1) is 22.6 Å². The molecule has 0 spiro atoms. The summed E-state index contributed by atoms with van der Waals surface area (Å²) in [6, 6.07) is 11.8. The Hall–Kier alpha value is -4.05. The second kappa shape index (κ2) is 10.3. The van der Waals surface area contributed by atoms with Crippen LogP contribution in [0.3, 0.4) is 0 Å². The first-order valence-electron chi connectivity index (χ1n) is 10.8. The Labute approximate surface area is 209 Å². The Kier molecular flexibility index (Phi) is 7.16. The first-order valence-corrected chi connectivity index (χ1v) is 10.8. The highest BCUT2D eigenvalue weighted by Crippen LogP contribution is 2.37. The highest BCUT2D eigenvalue weighted by atomic mass is 35.5. The first-order chi connectivity index (χ1) is 16.9. The number of amides is 1. The van der Waals surface area contributed by atoms with Crippen LogP contribution >= 0.6 is 12.4 Å². The van der Waals surface area contributed by atoms with Crippen LogP contribution in [0.25, 0.3) is 11.5 Å². The van der Waals surface area contributed by atoms with Crippen molar-refractivity contribution in [3.05, 3.63) is 95.1 Å². The van der Waals surface area contributed by atoms with Crippen molar-refractivity contribution in [3.63, 3.8) is 0 Å². The third-order valence-corrected chi connectivity index (χ3v) is 5.61. The predicted octanol–water partition coefficient (Wildman–Crippen LogP) is 5.19. The van der Waals surface area contributed by atoms with E-state index >= 15 is 0 Å². The maximum absolute atomic E-state index is 14.5. The van der Waals surface area contributed by atoms with E-state index in [1.54, 1.807) is 24.5 Å². The van der Waals surface area contributed by atoms with Crippen molar-refractivity contribution in [1.29, 1.82) is 0 Å². The maximum atomic E-state index is 14.5. The zero-order valence-electron chi connectivity index (χ0n) is 18.6. The number of nitrogens with one attached hydrogen (secondary N) is 1. The van der Waals surface area contributed by atoms with Gasteiger partial charge < -0.3 is 9.88 Å². The van der Waals surface area contributed by atoms with Crippen molar-refractivity contribution in [2.24, 2.45) is 0 Å². The minimum Gasteiger partial charge on any atom is -0.309 e. The summed E-state index contributed by atoms with van der Waals surface area (Å²) in [5, 5.41) is 10.6. The number of hydrogen-bond acceptors (Lipinski definition) is 5. The number of Topliss-reactive ketones (excluding diaryl/α,β-unsaturated/α-hetero) is 1. The van der Waals surface area contributed by atoms with Gasteiger partial charge in [0.25, 0.3) is 5.91 Å². The normalized spacial score (nSPS) is 12.6. The van der Waals surface area contributed by atoms with Crippen LogP contribution in [0.1, 0.15) is 45.2 Å². The lowest BCUT2D eigenvalue weighted by atomic mass is 10.0. The van der Waals surface area contributed by atoms with Gasteiger partial charge in [0.15, 0.2) is 23.2 Å². The van der Waals surface area contributed by atoms with Gasteiger partial charge >= 0.3 is 0 Å². The molecule has 1 N–H and O–H groups in total. The summed E-state index contributed by atoms with van der Waals surface area (Å²) in [5.74, 6) is -3.47. The van der Waals surface area contributed by atoms with Crippen LogP contribution in [-0.4, -0.2) is 31.4 Å². The number of ketones is 1. The smallest absolute Gasteiger partial charge is 0.259 e. The van der Waals surface area contributed by atoms with Gasteiger partial charge in [-0.1, -0.05) is 12.1 Å². The van der Waals surface area contributed by atoms with Crippen molar-refractivity contribution in [2.45, 2.75) is 25.3 Å². The lowest BCUT2D eigenvalue weighted by molar-refractivity contribution is 0.0987. The summed E-state index contributed by atoms with van der Waals surface area (Å²) >= 11 is 0. The topological polar surface area (TPSA) is 89.8 Å². The molecule has 2 heterocycles. The molecule has 0 unspecified atom stereocenters. The molecule has 2 aromatic carbocycles. The van der Waals surface area contributed by atoms with Gasteiger partial charge in [0.1, 0.15) is 23.7 Å². The second-order valence-corrected chi connectivity index (χ2v) is 8.20. The van der Waals surface area contributed by atoms with Gasteiger partial charge in [-0.3, -0.25) is 9.59 Å². The van der Waals surface area contributed by atoms with Crippen LogP contribution in [0.5, 0.6) is 0 Å². The molecule has 5 rings (SSSR count). The molecule has 1 fully saturated rings. The summed E-state index contributed by atoms with van der Waals surface area (Å²) in [6.45, 7) is 0. The van der Waals surface area contributed by atoms with Crippen molar-refractivity contribution >= 4 is 29.9 Å². The summed E-state index contributed by atoms with van der Waals surface area (Å²) in [4.78, 5) is 29.7. The molecule has 2 aromatic heterocycles. The number of benzene rings is 2. The Bertz CT molecular complexity index is 1460. The average molecular weight is 514 g/mol. The van der Waals surface area contributed by atoms with Crippen molar-refractivity contribution in [2.75, 3.05) is 5.32 Å². The number of carbonyl (C=O) groups is 2. The summed E-state index contributed by atoms with van der Waals surface area (Å²) in [6.07, 6.45) is 3.49. The number of hydrogen-bond donors (Lipinski definition) is 1. The van der Waals surface area contributed by atoms with E-state index in [0.29, 0.717) is 23.1 Å². The molecule has 36 heavy (non-hydrogen) atoms. The quantitative estimate of drug-likeness (QED) is 0.343. The minimum atomic E-state index is -1.14. The van der Waals surface area contributed by atoms with E-state index in [1.165, 1.54) is 18.2 Å². The van der Waals surface area contributed by atoms with E-state index in [0.717, 1.165) is 31.0 Å². The number of pyridine rings is 1. The van der Waals surface area contributed by atoms with E-state index in [9.17, 15) is 22.8 Å². The number of anilines is 1. The predicted molar refractivity (Wildman–Crippen MR) is 128 cm³/mol. The summed E-state index contributed by atoms with van der Waals surface area (Å²) in [7, 11) is 0. The van der Waals surface area contributed by atoms with Crippen molar-refractivity contribution in [1.82, 2.24) is 19.7 Å². The third kappa shape index (κ3) is 5.28. The fourth-order valence-corrected chi connectivity index (χ4v) is 3.67. The molecule has 184 valence electrons. The van der Waals surface area contributed by atoms with Gasteiger partial charge in [0, 0.05) is 18.0 Å². The van der Waals surface area contributed by atoms with Gasteiger partial charge in [-0.2, -0.15) is 0 Å². The Morgan fingerprint density at radius 1 is 0.972 bits per heavy atom. The van der Waals surface area contributed by atoms with Crippen LogP contribution in [0.15, 0.2) is 60.9 Å². The van der Waals surface area contributed by atoms with Gasteiger partial charge in [-0.25, -0.2) is 18.2 Å². The third-order valence-electron chi connectivity index (χ3n) is 5.61. The van der Waals surface area contributed by atoms with Crippen molar-refractivity contribution < 1.29 is 22.8 Å². The highest BCUT2D eigenvalue weighted by molar-refractivity contribution is 6.04. The van der Waals surface area contributed by atoms with Gasteiger partial charge in [0.05, 0.1) is 5.56 Å². The molecule has 0 saturated heterocycles. The number of halogens is 4. The van der Waals surface area contributed by atoms with E-state index in [4.69, 9.17) is 0 Å². The molecule has 0 aliphatic heterocycles. The van der Waals surface area contributed by atoms with E-state index in [-0.39, 0.29) is 35.8 Å². The Morgan fingerprint density at radius 2 is 1.75 bits per heavy atom. The minimum absolute atomic E-state index is 0. The van der Waals surface area contributed by atoms with Crippen LogP contribution < -0.4 is 5.32 Å². The van der Waals surface area contributed by atoms with E-state index < -0.39 is 29.1 Å². The molecule has 11 heteroatoms. The van der Waals surface area contributed by atoms with Crippen LogP contribution in [0.2, 0.25) is 0 Å². The van der Waals surface area contributed by atoms with E-state index in [1.807, 2.05) is 4.57 Å². The number of carbonyl (C=O) groups excluding carboxylic acids is 2. The molecule has 0 radical (unpaired) electrons. The first kappa shape index (κ1) is 25.1. The van der Waals surface area contributed by atoms with Gasteiger partial charge in [-0.05, 0) is 60.9 Å². The molecule has 1 aliphatic rings. The zero-order valence-corrected chi connectivity index (χ0v) is 19.4. The number of aromatic nitrogens is 4. The van der Waals surface area contributed by atoms with E-state index in [2.05, 4.69) is 20.5 Å². The number of rotatable bonds is 7. The Morgan fingerprint density at radius 3 is 2.50 bits per heavy atom. The van der Waals surface area contributed by atoms with Gasteiger partial charge in [0.2, 0.25) is 0 Å². The summed E-state index contributed by atoms with van der Waals surface area (Å²) in [5.41, 5.74) is 0.539. The van der Waals surface area contributed by atoms with Crippen LogP contribution in [-0.2, 0) is 6.42 Å². The lowest BCUT2D eigenvalue weighted by Crippen LogP contribution is -2.16. The van der Waals surface area contributed by atoms with Crippen LogP contribution in [0, 0.1) is 17.5 Å². The molecule has 0 atom stereocenters. The monoisotopic (exact) mass is 513 g/mol. The molecular weight excluding hydrogens is 495 g/mol. The summed E-state index contributed by atoms with van der Waals surface area (Å²) < 4.78 is 43.0. The zero-order chi connectivity index (χ0) is 24.5. The molecule has 1 amide bonds. The highest BCUT2D eigenvalue weighted by Gasteiger charge is 2.27. The molecule has 4 aromatic rings. The molecule has 1 saturated carbocycles. The molecule has 7 nitrogen and oxygen atoms in total. The molecule has 1 aliphatic carbocycles. The standard InChI is InChI=1S/C25H18F3N5O2.ClH/c26-18-8-4-14(11-22(34)15-5-9-19(27)20(28)12-15)10-17(18)25(35)31-23-3-1-2-21(30-23)24-32-29-13-33(24)16-6-7-16;/h1-5,8-10,12-13,16H,6-7,11H2,(H,30,31,35);1H. The lowest BCUT2D eigenvalue weighted by Gasteiger charge is -2.09. The Balaban J connectivity index is 0.00000304. The SMILES string of the molecule is Cl.O=C(Cc1ccc(F)c(C(=O)Nc2cccc(-c3nncn3C3CC3)n2)c1)c1ccc(F)c(F)c1. The number of nitrogens with zero attached hydrogens (tertiary/aromatic N) is 4. The fourth-order valence-electron chi connectivity index (χ4n) is 3.67. The van der Waals surface area contributed by atoms with Crippen molar-refractivity contribution in [3.8, 4) is 11.5 Å². The largest absolute Gasteiger partial charge is 0.309 e. The molecular formula is C25H19ClF3N5O2. The fraction of sp³-hybridized carbons (Fsp3) is 0.160. The average Bonchev–Trinajstić information content (AvgIpc) is 3.58.